The second-order valence-corrected chi connectivity index (χ2v) is 3.98. The molecule has 0 bridgehead atoms. The van der Waals surface area contributed by atoms with E-state index in [1.165, 1.54) is 6.08 Å². The van der Waals surface area contributed by atoms with Gasteiger partial charge in [0.1, 0.15) is 11.5 Å². The van der Waals surface area contributed by atoms with Crippen LogP contribution < -0.4 is 5.32 Å². The quantitative estimate of drug-likeness (QED) is 0.465. The van der Waals surface area contributed by atoms with E-state index >= 15 is 0 Å². The number of carbonyl (C=O) groups is 2. The second-order valence-electron chi connectivity index (χ2n) is 3.98. The minimum absolute atomic E-state index is 0.210. The van der Waals surface area contributed by atoms with Crippen molar-refractivity contribution in [2.24, 2.45) is 0 Å². The molecular formula is C14H19NO4. The van der Waals surface area contributed by atoms with Crippen LogP contribution in [0.1, 0.15) is 31.3 Å². The first-order valence-corrected chi connectivity index (χ1v) is 6.29. The summed E-state index contributed by atoms with van der Waals surface area (Å²) in [5.74, 6) is 0.991. The van der Waals surface area contributed by atoms with Gasteiger partial charge in [-0.05, 0) is 38.5 Å². The first-order chi connectivity index (χ1) is 9.11. The Labute approximate surface area is 112 Å². The van der Waals surface area contributed by atoms with Gasteiger partial charge in [-0.3, -0.25) is 9.59 Å². The summed E-state index contributed by atoms with van der Waals surface area (Å²) in [4.78, 5) is 22.5. The monoisotopic (exact) mass is 265 g/mol. The van der Waals surface area contributed by atoms with E-state index in [1.54, 1.807) is 19.1 Å². The summed E-state index contributed by atoms with van der Waals surface area (Å²) in [5.41, 5.74) is 0. The van der Waals surface area contributed by atoms with Gasteiger partial charge in [-0.1, -0.05) is 0 Å². The molecule has 1 amide bonds. The van der Waals surface area contributed by atoms with Gasteiger partial charge in [0.2, 0.25) is 5.91 Å². The number of amides is 1. The van der Waals surface area contributed by atoms with Gasteiger partial charge in [0.25, 0.3) is 0 Å². The van der Waals surface area contributed by atoms with Crippen LogP contribution in [-0.2, 0) is 14.3 Å². The van der Waals surface area contributed by atoms with Crippen molar-refractivity contribution in [3.8, 4) is 0 Å². The Morgan fingerprint density at radius 2 is 2.21 bits per heavy atom. The molecule has 104 valence electrons. The third-order valence-electron chi connectivity index (χ3n) is 2.32. The highest BCUT2D eigenvalue weighted by atomic mass is 16.5. The molecule has 0 atom stereocenters. The van der Waals surface area contributed by atoms with Crippen molar-refractivity contribution in [3.63, 3.8) is 0 Å². The fourth-order valence-electron chi connectivity index (χ4n) is 1.44. The van der Waals surface area contributed by atoms with Gasteiger partial charge in [0, 0.05) is 19.0 Å². The van der Waals surface area contributed by atoms with Gasteiger partial charge in [-0.15, -0.1) is 0 Å². The lowest BCUT2D eigenvalue weighted by Gasteiger charge is -2.02. The van der Waals surface area contributed by atoms with E-state index in [1.807, 2.05) is 13.0 Å². The molecule has 0 fully saturated rings. The minimum Gasteiger partial charge on any atom is -0.466 e. The summed E-state index contributed by atoms with van der Waals surface area (Å²) in [5, 5.41) is 2.68. The van der Waals surface area contributed by atoms with Gasteiger partial charge in [-0.2, -0.15) is 0 Å². The lowest BCUT2D eigenvalue weighted by Crippen LogP contribution is -2.22. The number of aryl methyl sites for hydroxylation is 1. The minimum atomic E-state index is -0.238. The van der Waals surface area contributed by atoms with E-state index in [-0.39, 0.29) is 11.9 Å². The normalized spacial score (nSPS) is 10.6. The van der Waals surface area contributed by atoms with Crippen LogP contribution in [0.15, 0.2) is 22.6 Å². The number of furan rings is 1. The molecule has 0 saturated heterocycles. The fourth-order valence-corrected chi connectivity index (χ4v) is 1.44. The van der Waals surface area contributed by atoms with Crippen LogP contribution >= 0.6 is 0 Å². The van der Waals surface area contributed by atoms with E-state index < -0.39 is 0 Å². The Morgan fingerprint density at radius 1 is 1.42 bits per heavy atom. The molecule has 0 aliphatic heterocycles. The highest BCUT2D eigenvalue weighted by Crippen LogP contribution is 2.07. The lowest BCUT2D eigenvalue weighted by molar-refractivity contribution is -0.143. The maximum Gasteiger partial charge on any atom is 0.305 e. The van der Waals surface area contributed by atoms with Gasteiger partial charge >= 0.3 is 5.97 Å². The molecule has 0 radical (unpaired) electrons. The van der Waals surface area contributed by atoms with Crippen LogP contribution in [-0.4, -0.2) is 25.0 Å². The number of hydrogen-bond donors (Lipinski definition) is 1. The summed E-state index contributed by atoms with van der Waals surface area (Å²) in [7, 11) is 0. The van der Waals surface area contributed by atoms with Crippen molar-refractivity contribution in [1.82, 2.24) is 5.32 Å². The van der Waals surface area contributed by atoms with Crippen molar-refractivity contribution >= 4 is 18.0 Å². The first kappa shape index (κ1) is 15.0. The van der Waals surface area contributed by atoms with Gasteiger partial charge in [0.15, 0.2) is 0 Å². The zero-order chi connectivity index (χ0) is 14.1. The highest BCUT2D eigenvalue weighted by Gasteiger charge is 2.01. The summed E-state index contributed by atoms with van der Waals surface area (Å²) < 4.78 is 10.1. The van der Waals surface area contributed by atoms with Gasteiger partial charge in [-0.25, -0.2) is 0 Å². The van der Waals surface area contributed by atoms with Crippen LogP contribution in [0.2, 0.25) is 0 Å². The Bertz CT molecular complexity index is 448. The topological polar surface area (TPSA) is 68.5 Å². The average molecular weight is 265 g/mol. The summed E-state index contributed by atoms with van der Waals surface area (Å²) >= 11 is 0. The highest BCUT2D eigenvalue weighted by molar-refractivity contribution is 5.91. The van der Waals surface area contributed by atoms with E-state index in [0.717, 1.165) is 5.76 Å². The van der Waals surface area contributed by atoms with E-state index in [9.17, 15) is 9.59 Å². The molecule has 0 saturated carbocycles. The standard InChI is InChI=1S/C14H19NO4/c1-3-18-14(17)5-4-10-15-13(16)9-8-12-7-6-11(2)19-12/h6-9H,3-5,10H2,1-2H3,(H,15,16). The SMILES string of the molecule is CCOC(=O)CCCNC(=O)C=Cc1ccc(C)o1. The van der Waals surface area contributed by atoms with Crippen molar-refractivity contribution in [2.45, 2.75) is 26.7 Å². The molecular weight excluding hydrogens is 246 g/mol. The number of ether oxygens (including phenoxy) is 1. The molecule has 0 aliphatic rings. The number of hydrogen-bond acceptors (Lipinski definition) is 4. The molecule has 1 rings (SSSR count). The third kappa shape index (κ3) is 6.45. The van der Waals surface area contributed by atoms with Crippen LogP contribution in [0, 0.1) is 6.92 Å². The molecule has 0 aromatic carbocycles. The molecule has 1 N–H and O–H groups in total. The lowest BCUT2D eigenvalue weighted by atomic mass is 10.3. The molecule has 1 heterocycles. The van der Waals surface area contributed by atoms with Crippen LogP contribution in [0.5, 0.6) is 0 Å². The van der Waals surface area contributed by atoms with Crippen molar-refractivity contribution in [1.29, 1.82) is 0 Å². The van der Waals surface area contributed by atoms with Crippen LogP contribution in [0.3, 0.4) is 0 Å². The molecule has 0 unspecified atom stereocenters. The van der Waals surface area contributed by atoms with Gasteiger partial charge in [0.05, 0.1) is 6.61 Å². The molecule has 19 heavy (non-hydrogen) atoms. The van der Waals surface area contributed by atoms with E-state index in [2.05, 4.69) is 5.32 Å². The number of carbonyl (C=O) groups excluding carboxylic acids is 2. The molecule has 0 aliphatic carbocycles. The summed E-state index contributed by atoms with van der Waals surface area (Å²) in [6, 6.07) is 3.62. The third-order valence-corrected chi connectivity index (χ3v) is 2.32. The Balaban J connectivity index is 2.18. The molecule has 0 spiro atoms. The van der Waals surface area contributed by atoms with Crippen molar-refractivity contribution in [3.05, 3.63) is 29.7 Å². The van der Waals surface area contributed by atoms with Gasteiger partial charge < -0.3 is 14.5 Å². The maximum atomic E-state index is 11.4. The fraction of sp³-hybridized carbons (Fsp3) is 0.429. The van der Waals surface area contributed by atoms with Crippen molar-refractivity contribution < 1.29 is 18.7 Å². The molecule has 5 nitrogen and oxygen atoms in total. The maximum absolute atomic E-state index is 11.4. The number of rotatable bonds is 7. The van der Waals surface area contributed by atoms with E-state index in [0.29, 0.717) is 31.8 Å². The number of esters is 1. The zero-order valence-electron chi connectivity index (χ0n) is 11.3. The predicted octanol–water partition coefficient (Wildman–Crippen LogP) is 2.06. The average Bonchev–Trinajstić information content (AvgIpc) is 2.78. The Hall–Kier alpha value is -2.04. The molecule has 1 aromatic heterocycles. The Kier molecular flexibility index (Phi) is 6.43. The zero-order valence-corrected chi connectivity index (χ0v) is 11.3. The Morgan fingerprint density at radius 3 is 2.84 bits per heavy atom. The predicted molar refractivity (Wildman–Crippen MR) is 71.4 cm³/mol. The van der Waals surface area contributed by atoms with Crippen LogP contribution in [0.4, 0.5) is 0 Å². The second kappa shape index (κ2) is 8.13. The van der Waals surface area contributed by atoms with Crippen LogP contribution in [0.25, 0.3) is 6.08 Å². The summed E-state index contributed by atoms with van der Waals surface area (Å²) in [6.07, 6.45) is 3.89. The number of nitrogens with one attached hydrogen (secondary N) is 1. The summed E-state index contributed by atoms with van der Waals surface area (Å²) in [6.45, 7) is 4.43. The smallest absolute Gasteiger partial charge is 0.305 e. The first-order valence-electron chi connectivity index (χ1n) is 6.29. The molecule has 1 aromatic rings. The van der Waals surface area contributed by atoms with E-state index in [4.69, 9.17) is 9.15 Å². The largest absolute Gasteiger partial charge is 0.466 e. The molecule has 5 heteroatoms. The van der Waals surface area contributed by atoms with Crippen molar-refractivity contribution in [2.75, 3.05) is 13.2 Å².